The molecule has 0 saturated carbocycles. The fourth-order valence-corrected chi connectivity index (χ4v) is 6.36. The van der Waals surface area contributed by atoms with Crippen molar-refractivity contribution in [3.63, 3.8) is 0 Å². The molecule has 0 atom stereocenters. The van der Waals surface area contributed by atoms with Gasteiger partial charge in [0.1, 0.15) is 34.7 Å². The molecule has 1 heterocycles. The first kappa shape index (κ1) is 40.7. The van der Waals surface area contributed by atoms with Gasteiger partial charge < -0.3 is 18.9 Å². The molecule has 0 N–H and O–H groups in total. The quantitative estimate of drug-likeness (QED) is 0.0357. The van der Waals surface area contributed by atoms with Crippen LogP contribution in [0.25, 0.3) is 33.3 Å². The number of carbonyl (C=O) groups is 2. The van der Waals surface area contributed by atoms with Crippen molar-refractivity contribution in [3.05, 3.63) is 111 Å². The van der Waals surface area contributed by atoms with Crippen molar-refractivity contribution in [2.24, 2.45) is 0 Å². The second-order valence-electron chi connectivity index (χ2n) is 12.8. The highest BCUT2D eigenvalue weighted by Crippen LogP contribution is 2.35. The van der Waals surface area contributed by atoms with Crippen molar-refractivity contribution in [2.45, 2.75) is 89.3 Å². The van der Waals surface area contributed by atoms with Crippen molar-refractivity contribution >= 4 is 34.7 Å². The normalized spacial score (nSPS) is 11.0. The van der Waals surface area contributed by atoms with Crippen molar-refractivity contribution < 1.29 is 28.5 Å². The van der Waals surface area contributed by atoms with Gasteiger partial charge in [0.2, 0.25) is 0 Å². The fourth-order valence-electron chi connectivity index (χ4n) is 5.78. The van der Waals surface area contributed by atoms with E-state index < -0.39 is 12.2 Å². The largest absolute Gasteiger partial charge is 0.494 e. The molecular weight excluding hydrogens is 685 g/mol. The summed E-state index contributed by atoms with van der Waals surface area (Å²) >= 11 is 1.22. The van der Waals surface area contributed by atoms with Gasteiger partial charge in [0, 0.05) is 24.0 Å². The van der Waals surface area contributed by atoms with E-state index in [2.05, 4.69) is 71.5 Å². The molecule has 0 aliphatic rings. The van der Waals surface area contributed by atoms with Gasteiger partial charge in [0.25, 0.3) is 0 Å². The van der Waals surface area contributed by atoms with E-state index >= 15 is 0 Å². The Morgan fingerprint density at radius 3 is 1.26 bits per heavy atom. The van der Waals surface area contributed by atoms with Crippen LogP contribution in [0.4, 0.5) is 0 Å². The van der Waals surface area contributed by atoms with E-state index in [1.807, 2.05) is 24.3 Å². The lowest BCUT2D eigenvalue weighted by atomic mass is 9.98. The summed E-state index contributed by atoms with van der Waals surface area (Å²) in [5.41, 5.74) is 5.95. The Kier molecular flexibility index (Phi) is 17.5. The highest BCUT2D eigenvalue weighted by Gasteiger charge is 2.14. The molecule has 0 aliphatic heterocycles. The molecule has 0 bridgehead atoms. The Morgan fingerprint density at radius 2 is 0.887 bits per heavy atom. The minimum absolute atomic E-state index is 0.210. The standard InChI is InChI=1S/C44H52N2O6S/c1-5-35(6-2)51-41(47)19-15-11-9-13-17-31-49-37-25-21-33(22-26-37)39-29-30-40(44-43(39)45-53-46-44)34-23-27-38(28-24-34)50-32-18-14-10-12-16-20-42(48)52-36(7-3)8-4/h5-8,21-30,35-36H,1-4,9-20,31-32H2. The third-order valence-corrected chi connectivity index (χ3v) is 9.33. The summed E-state index contributed by atoms with van der Waals surface area (Å²) in [6.07, 6.45) is 15.9. The SMILES string of the molecule is C=CC(C=C)OC(=O)CCCCCCCOc1ccc(-c2ccc(-c3ccc(OCCCCCCCC(=O)OC(C=C)C=C)cc3)c3nsnc23)cc1. The summed E-state index contributed by atoms with van der Waals surface area (Å²) in [4.78, 5) is 23.7. The lowest BCUT2D eigenvalue weighted by molar-refractivity contribution is -0.146. The second kappa shape index (κ2) is 22.8. The van der Waals surface area contributed by atoms with Crippen LogP contribution in [-0.2, 0) is 19.1 Å². The zero-order chi connectivity index (χ0) is 37.7. The first-order chi connectivity index (χ1) is 25.9. The molecule has 53 heavy (non-hydrogen) atoms. The van der Waals surface area contributed by atoms with Crippen molar-refractivity contribution in [2.75, 3.05) is 13.2 Å². The lowest BCUT2D eigenvalue weighted by Crippen LogP contribution is -2.12. The van der Waals surface area contributed by atoms with Crippen LogP contribution < -0.4 is 9.47 Å². The smallest absolute Gasteiger partial charge is 0.306 e. The number of fused-ring (bicyclic) bond motifs is 1. The van der Waals surface area contributed by atoms with Crippen LogP contribution in [-0.4, -0.2) is 46.1 Å². The summed E-state index contributed by atoms with van der Waals surface area (Å²) in [6, 6.07) is 20.5. The molecule has 9 heteroatoms. The zero-order valence-electron chi connectivity index (χ0n) is 30.7. The molecule has 4 rings (SSSR count). The summed E-state index contributed by atoms with van der Waals surface area (Å²) < 4.78 is 31.8. The number of carbonyl (C=O) groups excluding carboxylic acids is 2. The molecule has 0 aliphatic carbocycles. The predicted molar refractivity (Wildman–Crippen MR) is 215 cm³/mol. The van der Waals surface area contributed by atoms with Crippen LogP contribution in [0.3, 0.4) is 0 Å². The lowest BCUT2D eigenvalue weighted by Gasteiger charge is -2.10. The maximum Gasteiger partial charge on any atom is 0.306 e. The third kappa shape index (κ3) is 13.5. The molecule has 0 unspecified atom stereocenters. The zero-order valence-corrected chi connectivity index (χ0v) is 31.5. The summed E-state index contributed by atoms with van der Waals surface area (Å²) in [7, 11) is 0. The minimum atomic E-state index is -0.415. The first-order valence-electron chi connectivity index (χ1n) is 18.6. The van der Waals surface area contributed by atoms with Gasteiger partial charge in [-0.05, 0) is 85.4 Å². The van der Waals surface area contributed by atoms with Gasteiger partial charge in [0.05, 0.1) is 24.9 Å². The van der Waals surface area contributed by atoms with Gasteiger partial charge in [-0.3, -0.25) is 9.59 Å². The van der Waals surface area contributed by atoms with Crippen LogP contribution >= 0.6 is 11.7 Å². The summed E-state index contributed by atoms with van der Waals surface area (Å²) in [5.74, 6) is 1.25. The van der Waals surface area contributed by atoms with Crippen molar-refractivity contribution in [3.8, 4) is 33.8 Å². The van der Waals surface area contributed by atoms with E-state index in [0.717, 1.165) is 109 Å². The van der Waals surface area contributed by atoms with E-state index in [0.29, 0.717) is 26.1 Å². The number of hydrogen-bond acceptors (Lipinski definition) is 9. The topological polar surface area (TPSA) is 96.8 Å². The van der Waals surface area contributed by atoms with Crippen LogP contribution in [0.15, 0.2) is 111 Å². The second-order valence-corrected chi connectivity index (χ2v) is 13.3. The Hall–Kier alpha value is -5.02. The van der Waals surface area contributed by atoms with Crippen molar-refractivity contribution in [1.29, 1.82) is 0 Å². The average Bonchev–Trinajstić information content (AvgIpc) is 3.68. The Morgan fingerprint density at radius 1 is 0.528 bits per heavy atom. The first-order valence-corrected chi connectivity index (χ1v) is 19.3. The summed E-state index contributed by atoms with van der Waals surface area (Å²) in [6.45, 7) is 15.8. The molecule has 280 valence electrons. The molecule has 8 nitrogen and oxygen atoms in total. The Labute approximate surface area is 318 Å². The molecule has 0 spiro atoms. The Balaban J connectivity index is 1.16. The molecule has 4 aromatic rings. The molecule has 3 aromatic carbocycles. The maximum absolute atomic E-state index is 11.8. The van der Waals surface area contributed by atoms with Crippen LogP contribution in [0.2, 0.25) is 0 Å². The van der Waals surface area contributed by atoms with Crippen LogP contribution in [0.1, 0.15) is 77.0 Å². The highest BCUT2D eigenvalue weighted by molar-refractivity contribution is 7.00. The molecule has 0 amide bonds. The van der Waals surface area contributed by atoms with Gasteiger partial charge in [-0.1, -0.05) is 101 Å². The van der Waals surface area contributed by atoms with Gasteiger partial charge >= 0.3 is 11.9 Å². The molecule has 1 aromatic heterocycles. The number of unbranched alkanes of at least 4 members (excludes halogenated alkanes) is 8. The van der Waals surface area contributed by atoms with E-state index in [9.17, 15) is 9.59 Å². The van der Waals surface area contributed by atoms with E-state index in [4.69, 9.17) is 18.9 Å². The number of esters is 2. The molecule has 0 saturated heterocycles. The monoisotopic (exact) mass is 736 g/mol. The van der Waals surface area contributed by atoms with Gasteiger partial charge in [-0.2, -0.15) is 8.75 Å². The molecule has 0 radical (unpaired) electrons. The predicted octanol–water partition coefficient (Wildman–Crippen LogP) is 11.0. The van der Waals surface area contributed by atoms with Crippen molar-refractivity contribution in [1.82, 2.24) is 8.75 Å². The number of benzene rings is 3. The molecular formula is C44H52N2O6S. The number of rotatable bonds is 26. The molecule has 0 fully saturated rings. The van der Waals surface area contributed by atoms with Crippen LogP contribution in [0.5, 0.6) is 11.5 Å². The van der Waals surface area contributed by atoms with Gasteiger partial charge in [-0.15, -0.1) is 0 Å². The third-order valence-electron chi connectivity index (χ3n) is 8.80. The Bertz CT molecular complexity index is 1620. The van der Waals surface area contributed by atoms with E-state index in [1.54, 1.807) is 24.3 Å². The highest BCUT2D eigenvalue weighted by atomic mass is 32.1. The minimum Gasteiger partial charge on any atom is -0.494 e. The number of aromatic nitrogens is 2. The maximum atomic E-state index is 11.8. The van der Waals surface area contributed by atoms with E-state index in [-0.39, 0.29) is 11.9 Å². The average molecular weight is 737 g/mol. The summed E-state index contributed by atoms with van der Waals surface area (Å²) in [5, 5.41) is 0. The van der Waals surface area contributed by atoms with Gasteiger partial charge in [-0.25, -0.2) is 0 Å². The number of nitrogens with zero attached hydrogens (tertiary/aromatic N) is 2. The fraction of sp³-hybridized carbons (Fsp3) is 0.364. The number of ether oxygens (including phenoxy) is 4. The number of hydrogen-bond donors (Lipinski definition) is 0. The van der Waals surface area contributed by atoms with Crippen LogP contribution in [0, 0.1) is 0 Å². The van der Waals surface area contributed by atoms with Gasteiger partial charge in [0.15, 0.2) is 0 Å². The van der Waals surface area contributed by atoms with E-state index in [1.165, 1.54) is 11.7 Å².